The van der Waals surface area contributed by atoms with Crippen LogP contribution in [-0.4, -0.2) is 6.54 Å². The molecule has 0 radical (unpaired) electrons. The molecule has 2 nitrogen and oxygen atoms in total. The van der Waals surface area contributed by atoms with E-state index in [1.165, 1.54) is 0 Å². The first-order chi connectivity index (χ1) is 6.24. The molecule has 1 N–H and O–H groups in total. The Morgan fingerprint density at radius 3 is 3.08 bits per heavy atom. The van der Waals surface area contributed by atoms with Crippen LogP contribution in [0, 0.1) is 17.1 Å². The summed E-state index contributed by atoms with van der Waals surface area (Å²) in [6.07, 6.45) is 0.796. The third-order valence-corrected chi connectivity index (χ3v) is 2.38. The summed E-state index contributed by atoms with van der Waals surface area (Å²) in [7, 11) is 0. The lowest BCUT2D eigenvalue weighted by Crippen LogP contribution is -1.96. The lowest BCUT2D eigenvalue weighted by atomic mass is 10.1. The van der Waals surface area contributed by atoms with E-state index in [1.54, 1.807) is 6.07 Å². The normalized spacial score (nSPS) is 13.3. The average molecular weight is 197 g/mol. The minimum Gasteiger partial charge on any atom is -0.383 e. The predicted octanol–water partition coefficient (Wildman–Crippen LogP) is 2.32. The fourth-order valence-electron chi connectivity index (χ4n) is 1.50. The standard InChI is InChI=1S/C9H6ClFN2/c10-7-3-5-1-2-13-9(5)6(4-12)8(7)11/h3,13H,1-2H2. The van der Waals surface area contributed by atoms with Crippen LogP contribution >= 0.6 is 11.6 Å². The van der Waals surface area contributed by atoms with Crippen LogP contribution < -0.4 is 5.32 Å². The molecule has 1 aromatic rings. The van der Waals surface area contributed by atoms with E-state index >= 15 is 0 Å². The van der Waals surface area contributed by atoms with E-state index in [1.807, 2.05) is 6.07 Å². The number of anilines is 1. The van der Waals surface area contributed by atoms with Gasteiger partial charge < -0.3 is 5.32 Å². The predicted molar refractivity (Wildman–Crippen MR) is 48.3 cm³/mol. The molecule has 0 fully saturated rings. The van der Waals surface area contributed by atoms with Gasteiger partial charge >= 0.3 is 0 Å². The quantitative estimate of drug-likeness (QED) is 0.691. The first-order valence-corrected chi connectivity index (χ1v) is 4.26. The highest BCUT2D eigenvalue weighted by Crippen LogP contribution is 2.32. The molecule has 0 amide bonds. The molecule has 1 heterocycles. The summed E-state index contributed by atoms with van der Waals surface area (Å²) in [5.41, 5.74) is 1.55. The highest BCUT2D eigenvalue weighted by atomic mass is 35.5. The Balaban J connectivity index is 2.73. The molecule has 1 aromatic carbocycles. The molecule has 2 rings (SSSR count). The molecular formula is C9H6ClFN2. The van der Waals surface area contributed by atoms with Gasteiger partial charge in [0.05, 0.1) is 10.7 Å². The largest absolute Gasteiger partial charge is 0.383 e. The van der Waals surface area contributed by atoms with Gasteiger partial charge in [0.1, 0.15) is 11.6 Å². The third-order valence-electron chi connectivity index (χ3n) is 2.11. The number of hydrogen-bond donors (Lipinski definition) is 1. The first kappa shape index (κ1) is 8.33. The summed E-state index contributed by atoms with van der Waals surface area (Å²) in [5.74, 6) is -0.627. The molecule has 4 heteroatoms. The Morgan fingerprint density at radius 2 is 2.38 bits per heavy atom. The number of nitriles is 1. The van der Waals surface area contributed by atoms with Crippen LogP contribution in [0.2, 0.25) is 5.02 Å². The van der Waals surface area contributed by atoms with Crippen molar-refractivity contribution in [1.29, 1.82) is 5.26 Å². The van der Waals surface area contributed by atoms with Crippen molar-refractivity contribution in [1.82, 2.24) is 0 Å². The van der Waals surface area contributed by atoms with Crippen LogP contribution in [0.3, 0.4) is 0 Å². The van der Waals surface area contributed by atoms with Crippen molar-refractivity contribution in [3.63, 3.8) is 0 Å². The molecule has 0 aromatic heterocycles. The summed E-state index contributed by atoms with van der Waals surface area (Å²) in [4.78, 5) is 0. The number of nitrogens with one attached hydrogen (secondary N) is 1. The zero-order valence-electron chi connectivity index (χ0n) is 6.69. The maximum absolute atomic E-state index is 13.3. The summed E-state index contributed by atoms with van der Waals surface area (Å²) < 4.78 is 13.3. The van der Waals surface area contributed by atoms with Crippen molar-refractivity contribution in [3.05, 3.63) is 28.0 Å². The average Bonchev–Trinajstić information content (AvgIpc) is 2.54. The Hall–Kier alpha value is -1.27. The Bertz CT molecular complexity index is 409. The van der Waals surface area contributed by atoms with Gasteiger partial charge in [-0.1, -0.05) is 11.6 Å². The van der Waals surface area contributed by atoms with Crippen molar-refractivity contribution in [2.45, 2.75) is 6.42 Å². The molecule has 0 aliphatic carbocycles. The zero-order valence-corrected chi connectivity index (χ0v) is 7.45. The molecule has 0 bridgehead atoms. The number of nitrogens with zero attached hydrogens (tertiary/aromatic N) is 1. The first-order valence-electron chi connectivity index (χ1n) is 3.89. The van der Waals surface area contributed by atoms with Crippen molar-refractivity contribution in [2.75, 3.05) is 11.9 Å². The summed E-state index contributed by atoms with van der Waals surface area (Å²) in [5, 5.41) is 11.7. The van der Waals surface area contributed by atoms with E-state index < -0.39 is 5.82 Å². The van der Waals surface area contributed by atoms with Gasteiger partial charge in [-0.3, -0.25) is 0 Å². The van der Waals surface area contributed by atoms with Crippen LogP contribution in [0.4, 0.5) is 10.1 Å². The molecule has 13 heavy (non-hydrogen) atoms. The van der Waals surface area contributed by atoms with Gasteiger partial charge in [-0.15, -0.1) is 0 Å². The van der Waals surface area contributed by atoms with Crippen LogP contribution in [0.15, 0.2) is 6.07 Å². The fourth-order valence-corrected chi connectivity index (χ4v) is 1.73. The number of benzene rings is 1. The smallest absolute Gasteiger partial charge is 0.161 e. The molecule has 0 atom stereocenters. The van der Waals surface area contributed by atoms with Crippen LogP contribution in [0.1, 0.15) is 11.1 Å². The monoisotopic (exact) mass is 196 g/mol. The Labute approximate surface area is 79.9 Å². The van der Waals surface area contributed by atoms with Gasteiger partial charge in [0.2, 0.25) is 0 Å². The van der Waals surface area contributed by atoms with E-state index in [9.17, 15) is 4.39 Å². The maximum atomic E-state index is 13.3. The second-order valence-electron chi connectivity index (χ2n) is 2.87. The lowest BCUT2D eigenvalue weighted by molar-refractivity contribution is 0.625. The fraction of sp³-hybridized carbons (Fsp3) is 0.222. The lowest BCUT2D eigenvalue weighted by Gasteiger charge is -2.04. The van der Waals surface area contributed by atoms with E-state index in [-0.39, 0.29) is 10.6 Å². The molecular weight excluding hydrogens is 191 g/mol. The van der Waals surface area contributed by atoms with Gasteiger partial charge in [0.15, 0.2) is 5.82 Å². The summed E-state index contributed by atoms with van der Waals surface area (Å²) >= 11 is 5.62. The highest BCUT2D eigenvalue weighted by molar-refractivity contribution is 6.31. The van der Waals surface area contributed by atoms with Gasteiger partial charge in [0, 0.05) is 6.54 Å². The molecule has 66 valence electrons. The summed E-state index contributed by atoms with van der Waals surface area (Å²) in [6, 6.07) is 3.39. The Morgan fingerprint density at radius 1 is 1.62 bits per heavy atom. The highest BCUT2D eigenvalue weighted by Gasteiger charge is 2.20. The number of hydrogen-bond acceptors (Lipinski definition) is 2. The third kappa shape index (κ3) is 1.14. The number of rotatable bonds is 0. The van der Waals surface area contributed by atoms with Crippen molar-refractivity contribution in [2.24, 2.45) is 0 Å². The molecule has 1 aliphatic heterocycles. The van der Waals surface area contributed by atoms with Gasteiger partial charge in [-0.05, 0) is 18.1 Å². The van der Waals surface area contributed by atoms with E-state index in [0.717, 1.165) is 18.5 Å². The minimum atomic E-state index is -0.627. The summed E-state index contributed by atoms with van der Waals surface area (Å²) in [6.45, 7) is 0.740. The van der Waals surface area contributed by atoms with Gasteiger partial charge in [0.25, 0.3) is 0 Å². The second-order valence-corrected chi connectivity index (χ2v) is 3.28. The number of halogens is 2. The van der Waals surface area contributed by atoms with E-state index in [0.29, 0.717) is 5.69 Å². The van der Waals surface area contributed by atoms with Gasteiger partial charge in [-0.25, -0.2) is 4.39 Å². The molecule has 0 saturated carbocycles. The second kappa shape index (κ2) is 2.90. The van der Waals surface area contributed by atoms with Crippen LogP contribution in [0.25, 0.3) is 0 Å². The van der Waals surface area contributed by atoms with Crippen LogP contribution in [0.5, 0.6) is 0 Å². The molecule has 0 saturated heterocycles. The van der Waals surface area contributed by atoms with E-state index in [4.69, 9.17) is 16.9 Å². The number of fused-ring (bicyclic) bond motifs is 1. The Kier molecular flexibility index (Phi) is 1.86. The SMILES string of the molecule is N#Cc1c(F)c(Cl)cc2c1NCC2. The van der Waals surface area contributed by atoms with Crippen molar-refractivity contribution < 1.29 is 4.39 Å². The molecule has 1 aliphatic rings. The maximum Gasteiger partial charge on any atom is 0.161 e. The topological polar surface area (TPSA) is 35.8 Å². The van der Waals surface area contributed by atoms with E-state index in [2.05, 4.69) is 5.32 Å². The van der Waals surface area contributed by atoms with Crippen LogP contribution in [-0.2, 0) is 6.42 Å². The van der Waals surface area contributed by atoms with Crippen molar-refractivity contribution in [3.8, 4) is 6.07 Å². The molecule has 0 spiro atoms. The molecule has 0 unspecified atom stereocenters. The zero-order chi connectivity index (χ0) is 9.42. The minimum absolute atomic E-state index is 0.0269. The van der Waals surface area contributed by atoms with Crippen molar-refractivity contribution >= 4 is 17.3 Å². The van der Waals surface area contributed by atoms with Gasteiger partial charge in [-0.2, -0.15) is 5.26 Å².